The lowest BCUT2D eigenvalue weighted by Gasteiger charge is -2.04. The van der Waals surface area contributed by atoms with Gasteiger partial charge < -0.3 is 4.74 Å². The van der Waals surface area contributed by atoms with Gasteiger partial charge in [-0.3, -0.25) is 0 Å². The predicted molar refractivity (Wildman–Crippen MR) is 66.4 cm³/mol. The van der Waals surface area contributed by atoms with Crippen molar-refractivity contribution in [2.45, 2.75) is 20.3 Å². The highest BCUT2D eigenvalue weighted by atomic mass is 35.5. The van der Waals surface area contributed by atoms with Crippen LogP contribution in [0.25, 0.3) is 6.08 Å². The van der Waals surface area contributed by atoms with E-state index in [0.29, 0.717) is 23.6 Å². The van der Waals surface area contributed by atoms with Crippen LogP contribution >= 0.6 is 11.6 Å². The van der Waals surface area contributed by atoms with E-state index in [9.17, 15) is 4.79 Å². The fourth-order valence-corrected chi connectivity index (χ4v) is 1.42. The van der Waals surface area contributed by atoms with Crippen LogP contribution in [0, 0.1) is 0 Å². The van der Waals surface area contributed by atoms with Crippen LogP contribution in [0.1, 0.15) is 25.8 Å². The van der Waals surface area contributed by atoms with Gasteiger partial charge in [-0.05, 0) is 37.1 Å². The molecule has 0 aliphatic rings. The number of hydrogen-bond acceptors (Lipinski definition) is 2. The van der Waals surface area contributed by atoms with E-state index in [4.69, 9.17) is 16.3 Å². The second-order valence-electron chi connectivity index (χ2n) is 3.30. The van der Waals surface area contributed by atoms with Gasteiger partial charge in [0, 0.05) is 10.6 Å². The largest absolute Gasteiger partial charge is 0.463 e. The Morgan fingerprint density at radius 1 is 1.31 bits per heavy atom. The van der Waals surface area contributed by atoms with Crippen molar-refractivity contribution in [1.29, 1.82) is 0 Å². The molecule has 0 aromatic heterocycles. The number of benzene rings is 1. The Morgan fingerprint density at radius 2 is 1.94 bits per heavy atom. The van der Waals surface area contributed by atoms with E-state index in [1.165, 1.54) is 0 Å². The van der Waals surface area contributed by atoms with Gasteiger partial charge in [0.15, 0.2) is 0 Å². The van der Waals surface area contributed by atoms with Crippen LogP contribution in [0.4, 0.5) is 0 Å². The van der Waals surface area contributed by atoms with Gasteiger partial charge in [-0.25, -0.2) is 4.79 Å². The van der Waals surface area contributed by atoms with Crippen LogP contribution in [0.5, 0.6) is 0 Å². The van der Waals surface area contributed by atoms with Crippen molar-refractivity contribution >= 4 is 23.6 Å². The van der Waals surface area contributed by atoms with E-state index in [1.807, 2.05) is 25.1 Å². The third-order valence-corrected chi connectivity index (χ3v) is 2.38. The van der Waals surface area contributed by atoms with E-state index < -0.39 is 0 Å². The first kappa shape index (κ1) is 12.8. The molecular weight excluding hydrogens is 224 g/mol. The molecule has 0 saturated heterocycles. The molecule has 0 atom stereocenters. The zero-order valence-electron chi connectivity index (χ0n) is 9.50. The maximum absolute atomic E-state index is 11.5. The van der Waals surface area contributed by atoms with Crippen LogP contribution in [-0.2, 0) is 9.53 Å². The molecule has 0 fully saturated rings. The number of carbonyl (C=O) groups excluding carboxylic acids is 1. The Labute approximate surface area is 101 Å². The molecule has 0 aliphatic heterocycles. The lowest BCUT2D eigenvalue weighted by Crippen LogP contribution is -2.06. The first-order valence-electron chi connectivity index (χ1n) is 5.30. The second-order valence-corrected chi connectivity index (χ2v) is 3.73. The molecular formula is C13H15ClO2. The summed E-state index contributed by atoms with van der Waals surface area (Å²) in [6.07, 6.45) is 2.48. The van der Waals surface area contributed by atoms with Gasteiger partial charge in [-0.15, -0.1) is 0 Å². The van der Waals surface area contributed by atoms with Crippen LogP contribution in [0.15, 0.2) is 29.8 Å². The molecule has 1 aromatic rings. The first-order chi connectivity index (χ1) is 7.67. The third-order valence-electron chi connectivity index (χ3n) is 2.13. The number of ether oxygens (including phenoxy) is 1. The van der Waals surface area contributed by atoms with Crippen molar-refractivity contribution < 1.29 is 9.53 Å². The Bertz CT molecular complexity index is 379. The molecule has 1 aromatic carbocycles. The standard InChI is InChI=1S/C13H15ClO2/c1-3-11(13(15)16-4-2)9-10-5-7-12(14)8-6-10/h5-9H,3-4H2,1-2H3. The van der Waals surface area contributed by atoms with Crippen LogP contribution in [-0.4, -0.2) is 12.6 Å². The quantitative estimate of drug-likeness (QED) is 0.591. The lowest BCUT2D eigenvalue weighted by atomic mass is 10.1. The summed E-state index contributed by atoms with van der Waals surface area (Å²) in [5.74, 6) is -0.250. The Balaban J connectivity index is 2.87. The monoisotopic (exact) mass is 238 g/mol. The molecule has 0 unspecified atom stereocenters. The summed E-state index contributed by atoms with van der Waals surface area (Å²) in [5.41, 5.74) is 1.62. The molecule has 2 nitrogen and oxygen atoms in total. The maximum atomic E-state index is 11.5. The van der Waals surface area contributed by atoms with Crippen molar-refractivity contribution in [1.82, 2.24) is 0 Å². The minimum Gasteiger partial charge on any atom is -0.463 e. The maximum Gasteiger partial charge on any atom is 0.333 e. The highest BCUT2D eigenvalue weighted by Gasteiger charge is 2.07. The molecule has 0 bridgehead atoms. The molecule has 1 rings (SSSR count). The summed E-state index contributed by atoms with van der Waals surface area (Å²) in [7, 11) is 0. The fourth-order valence-electron chi connectivity index (χ4n) is 1.29. The van der Waals surface area contributed by atoms with E-state index >= 15 is 0 Å². The van der Waals surface area contributed by atoms with E-state index in [0.717, 1.165) is 5.56 Å². The molecule has 0 amide bonds. The van der Waals surface area contributed by atoms with Gasteiger partial charge >= 0.3 is 5.97 Å². The fraction of sp³-hybridized carbons (Fsp3) is 0.308. The van der Waals surface area contributed by atoms with Crippen molar-refractivity contribution in [3.63, 3.8) is 0 Å². The Hall–Kier alpha value is -1.28. The highest BCUT2D eigenvalue weighted by Crippen LogP contribution is 2.14. The van der Waals surface area contributed by atoms with Crippen molar-refractivity contribution in [3.8, 4) is 0 Å². The summed E-state index contributed by atoms with van der Waals surface area (Å²) in [5, 5.41) is 0.686. The zero-order chi connectivity index (χ0) is 12.0. The van der Waals surface area contributed by atoms with Gasteiger partial charge in [0.2, 0.25) is 0 Å². The van der Waals surface area contributed by atoms with Crippen LogP contribution in [0.2, 0.25) is 5.02 Å². The van der Waals surface area contributed by atoms with Crippen molar-refractivity contribution in [2.24, 2.45) is 0 Å². The van der Waals surface area contributed by atoms with Gasteiger partial charge in [-0.1, -0.05) is 30.7 Å². The number of esters is 1. The van der Waals surface area contributed by atoms with Crippen LogP contribution < -0.4 is 0 Å². The minimum atomic E-state index is -0.250. The summed E-state index contributed by atoms with van der Waals surface area (Å²) in [4.78, 5) is 11.5. The van der Waals surface area contributed by atoms with E-state index in [2.05, 4.69) is 0 Å². The number of halogens is 1. The van der Waals surface area contributed by atoms with Crippen molar-refractivity contribution in [3.05, 3.63) is 40.4 Å². The lowest BCUT2D eigenvalue weighted by molar-refractivity contribution is -0.138. The Morgan fingerprint density at radius 3 is 2.44 bits per heavy atom. The number of hydrogen-bond donors (Lipinski definition) is 0. The zero-order valence-corrected chi connectivity index (χ0v) is 10.3. The summed E-state index contributed by atoms with van der Waals surface area (Å²) < 4.78 is 4.96. The summed E-state index contributed by atoms with van der Waals surface area (Å²) in [6, 6.07) is 7.34. The molecule has 0 spiro atoms. The van der Waals surface area contributed by atoms with Gasteiger partial charge in [0.05, 0.1) is 6.61 Å². The van der Waals surface area contributed by atoms with Gasteiger partial charge in [0.25, 0.3) is 0 Å². The van der Waals surface area contributed by atoms with E-state index in [1.54, 1.807) is 19.1 Å². The van der Waals surface area contributed by atoms with Gasteiger partial charge in [-0.2, -0.15) is 0 Å². The van der Waals surface area contributed by atoms with Crippen molar-refractivity contribution in [2.75, 3.05) is 6.61 Å². The molecule has 0 N–H and O–H groups in total. The third kappa shape index (κ3) is 3.70. The molecule has 0 heterocycles. The summed E-state index contributed by atoms with van der Waals surface area (Å²) >= 11 is 5.78. The highest BCUT2D eigenvalue weighted by molar-refractivity contribution is 6.30. The number of rotatable bonds is 4. The predicted octanol–water partition coefficient (Wildman–Crippen LogP) is 3.70. The topological polar surface area (TPSA) is 26.3 Å². The molecule has 0 radical (unpaired) electrons. The first-order valence-corrected chi connectivity index (χ1v) is 5.68. The molecule has 16 heavy (non-hydrogen) atoms. The molecule has 3 heteroatoms. The van der Waals surface area contributed by atoms with E-state index in [-0.39, 0.29) is 5.97 Å². The number of carbonyl (C=O) groups is 1. The second kappa shape index (κ2) is 6.33. The molecule has 0 aliphatic carbocycles. The van der Waals surface area contributed by atoms with Crippen LogP contribution in [0.3, 0.4) is 0 Å². The van der Waals surface area contributed by atoms with Gasteiger partial charge in [0.1, 0.15) is 0 Å². The molecule has 0 saturated carbocycles. The smallest absolute Gasteiger partial charge is 0.333 e. The average Bonchev–Trinajstić information content (AvgIpc) is 2.28. The molecule has 86 valence electrons. The summed E-state index contributed by atoms with van der Waals surface area (Å²) in [6.45, 7) is 4.13. The minimum absolute atomic E-state index is 0.250. The normalized spacial score (nSPS) is 11.3. The average molecular weight is 239 g/mol. The Kier molecular flexibility index (Phi) is 5.06. The SMILES string of the molecule is CCOC(=O)C(=Cc1ccc(Cl)cc1)CC.